The van der Waals surface area contributed by atoms with Crippen molar-refractivity contribution in [2.45, 2.75) is 25.8 Å². The van der Waals surface area contributed by atoms with Crippen LogP contribution in [0.3, 0.4) is 0 Å². The third kappa shape index (κ3) is 5.71. The zero-order valence-electron chi connectivity index (χ0n) is 12.7. The number of carboxylic acid groups (broad SMARTS) is 1. The van der Waals surface area contributed by atoms with Crippen molar-refractivity contribution in [2.75, 3.05) is 6.61 Å². The number of ether oxygens (including phenoxy) is 1. The number of aromatic nitrogens is 1. The number of carbonyl (C=O) groups excluding carboxylic acids is 1. The first kappa shape index (κ1) is 17.0. The van der Waals surface area contributed by atoms with Crippen molar-refractivity contribution in [3.8, 4) is 5.75 Å². The molecule has 6 nitrogen and oxygen atoms in total. The number of rotatable bonds is 8. The van der Waals surface area contributed by atoms with Gasteiger partial charge in [0.25, 0.3) is 0 Å². The zero-order chi connectivity index (χ0) is 16.7. The quantitative estimate of drug-likeness (QED) is 0.774. The fourth-order valence-corrected chi connectivity index (χ4v) is 2.59. The predicted octanol–water partition coefficient (Wildman–Crippen LogP) is 2.42. The van der Waals surface area contributed by atoms with E-state index in [9.17, 15) is 9.59 Å². The Balaban J connectivity index is 1.81. The summed E-state index contributed by atoms with van der Waals surface area (Å²) in [6.07, 6.45) is 1.03. The lowest BCUT2D eigenvalue weighted by Crippen LogP contribution is -2.26. The van der Waals surface area contributed by atoms with E-state index in [0.29, 0.717) is 18.6 Å². The van der Waals surface area contributed by atoms with E-state index >= 15 is 0 Å². The molecular formula is C16H18N2O4S. The predicted molar refractivity (Wildman–Crippen MR) is 86.6 cm³/mol. The SMILES string of the molecule is CC(NC(=O)CCc1cscn1)c1ccc(OCC(=O)O)cc1. The van der Waals surface area contributed by atoms with Crippen LogP contribution in [0, 0.1) is 0 Å². The Labute approximate surface area is 138 Å². The summed E-state index contributed by atoms with van der Waals surface area (Å²) in [6.45, 7) is 1.52. The molecule has 0 saturated carbocycles. The minimum atomic E-state index is -1.02. The van der Waals surface area contributed by atoms with Crippen LogP contribution in [0.25, 0.3) is 0 Å². The first-order valence-electron chi connectivity index (χ1n) is 7.15. The van der Waals surface area contributed by atoms with Crippen LogP contribution in [0.2, 0.25) is 0 Å². The molecule has 0 aliphatic heterocycles. The zero-order valence-corrected chi connectivity index (χ0v) is 13.5. The van der Waals surface area contributed by atoms with E-state index in [-0.39, 0.29) is 18.6 Å². The van der Waals surface area contributed by atoms with E-state index in [4.69, 9.17) is 9.84 Å². The molecule has 0 bridgehead atoms. The number of carbonyl (C=O) groups is 2. The number of benzene rings is 1. The molecule has 0 spiro atoms. The van der Waals surface area contributed by atoms with Gasteiger partial charge in [0, 0.05) is 11.8 Å². The molecule has 0 fully saturated rings. The van der Waals surface area contributed by atoms with Crippen LogP contribution < -0.4 is 10.1 Å². The number of nitrogens with one attached hydrogen (secondary N) is 1. The Morgan fingerprint density at radius 1 is 1.35 bits per heavy atom. The average molecular weight is 334 g/mol. The highest BCUT2D eigenvalue weighted by Gasteiger charge is 2.10. The second kappa shape index (κ2) is 8.28. The number of hydrogen-bond acceptors (Lipinski definition) is 5. The molecule has 2 aromatic rings. The van der Waals surface area contributed by atoms with E-state index < -0.39 is 5.97 Å². The van der Waals surface area contributed by atoms with Gasteiger partial charge in [0.2, 0.25) is 5.91 Å². The largest absolute Gasteiger partial charge is 0.482 e. The average Bonchev–Trinajstić information content (AvgIpc) is 3.05. The summed E-state index contributed by atoms with van der Waals surface area (Å²) in [5, 5.41) is 13.4. The van der Waals surface area contributed by atoms with Crippen molar-refractivity contribution in [3.63, 3.8) is 0 Å². The first-order chi connectivity index (χ1) is 11.0. The molecule has 0 aliphatic carbocycles. The van der Waals surface area contributed by atoms with Gasteiger partial charge in [-0.05, 0) is 31.0 Å². The Kier molecular flexibility index (Phi) is 6.10. The van der Waals surface area contributed by atoms with Gasteiger partial charge in [-0.3, -0.25) is 4.79 Å². The Bertz CT molecular complexity index is 641. The molecule has 2 N–H and O–H groups in total. The van der Waals surface area contributed by atoms with E-state index in [1.165, 1.54) is 11.3 Å². The fraction of sp³-hybridized carbons (Fsp3) is 0.312. The van der Waals surface area contributed by atoms with Gasteiger partial charge in [-0.2, -0.15) is 0 Å². The smallest absolute Gasteiger partial charge is 0.341 e. The molecule has 1 amide bonds. The molecule has 23 heavy (non-hydrogen) atoms. The van der Waals surface area contributed by atoms with Gasteiger partial charge in [-0.15, -0.1) is 11.3 Å². The lowest BCUT2D eigenvalue weighted by atomic mass is 10.1. The van der Waals surface area contributed by atoms with Gasteiger partial charge in [0.05, 0.1) is 17.2 Å². The van der Waals surface area contributed by atoms with Crippen LogP contribution in [0.1, 0.15) is 30.6 Å². The maximum atomic E-state index is 11.9. The highest BCUT2D eigenvalue weighted by molar-refractivity contribution is 7.07. The van der Waals surface area contributed by atoms with Crippen molar-refractivity contribution in [3.05, 3.63) is 46.4 Å². The van der Waals surface area contributed by atoms with E-state index in [0.717, 1.165) is 11.3 Å². The molecule has 1 atom stereocenters. The van der Waals surface area contributed by atoms with Crippen LogP contribution in [0.15, 0.2) is 35.2 Å². The number of aliphatic carboxylic acids is 1. The Hall–Kier alpha value is -2.41. The molecule has 7 heteroatoms. The van der Waals surface area contributed by atoms with Gasteiger partial charge in [0.15, 0.2) is 6.61 Å². The van der Waals surface area contributed by atoms with Crippen molar-refractivity contribution in [1.29, 1.82) is 0 Å². The molecular weight excluding hydrogens is 316 g/mol. The summed E-state index contributed by atoms with van der Waals surface area (Å²) in [6, 6.07) is 6.86. The summed E-state index contributed by atoms with van der Waals surface area (Å²) in [7, 11) is 0. The van der Waals surface area contributed by atoms with Crippen LogP contribution in [0.4, 0.5) is 0 Å². The number of thiazole rings is 1. The highest BCUT2D eigenvalue weighted by atomic mass is 32.1. The second-order valence-electron chi connectivity index (χ2n) is 5.02. The van der Waals surface area contributed by atoms with Crippen molar-refractivity contribution in [2.24, 2.45) is 0 Å². The van der Waals surface area contributed by atoms with E-state index in [2.05, 4.69) is 10.3 Å². The van der Waals surface area contributed by atoms with Crippen LogP contribution in [-0.4, -0.2) is 28.6 Å². The molecule has 2 rings (SSSR count). The number of amides is 1. The lowest BCUT2D eigenvalue weighted by molar-refractivity contribution is -0.139. The number of hydrogen-bond donors (Lipinski definition) is 2. The Morgan fingerprint density at radius 2 is 2.09 bits per heavy atom. The monoisotopic (exact) mass is 334 g/mol. The van der Waals surface area contributed by atoms with Crippen LogP contribution >= 0.6 is 11.3 Å². The van der Waals surface area contributed by atoms with Gasteiger partial charge in [-0.25, -0.2) is 9.78 Å². The van der Waals surface area contributed by atoms with E-state index in [1.807, 2.05) is 24.4 Å². The fourth-order valence-electron chi connectivity index (χ4n) is 2.00. The minimum Gasteiger partial charge on any atom is -0.482 e. The maximum absolute atomic E-state index is 11.9. The molecule has 122 valence electrons. The lowest BCUT2D eigenvalue weighted by Gasteiger charge is -2.14. The molecule has 0 saturated heterocycles. The number of carboxylic acids is 1. The summed E-state index contributed by atoms with van der Waals surface area (Å²) in [5.41, 5.74) is 3.61. The normalized spacial score (nSPS) is 11.7. The van der Waals surface area contributed by atoms with Crippen LogP contribution in [-0.2, 0) is 16.0 Å². The van der Waals surface area contributed by atoms with Crippen molar-refractivity contribution in [1.82, 2.24) is 10.3 Å². The second-order valence-corrected chi connectivity index (χ2v) is 5.74. The maximum Gasteiger partial charge on any atom is 0.341 e. The summed E-state index contributed by atoms with van der Waals surface area (Å²) >= 11 is 1.52. The third-order valence-corrected chi connectivity index (χ3v) is 3.85. The van der Waals surface area contributed by atoms with Gasteiger partial charge in [0.1, 0.15) is 5.75 Å². The highest BCUT2D eigenvalue weighted by Crippen LogP contribution is 2.18. The van der Waals surface area contributed by atoms with Crippen molar-refractivity contribution >= 4 is 23.2 Å². The van der Waals surface area contributed by atoms with Gasteiger partial charge in [-0.1, -0.05) is 12.1 Å². The topological polar surface area (TPSA) is 88.5 Å². The van der Waals surface area contributed by atoms with E-state index in [1.54, 1.807) is 17.6 Å². The Morgan fingerprint density at radius 3 is 2.70 bits per heavy atom. The molecule has 1 aromatic heterocycles. The minimum absolute atomic E-state index is 0.0308. The van der Waals surface area contributed by atoms with Crippen LogP contribution in [0.5, 0.6) is 5.75 Å². The van der Waals surface area contributed by atoms with Crippen molar-refractivity contribution < 1.29 is 19.4 Å². The molecule has 0 radical (unpaired) electrons. The number of aryl methyl sites for hydroxylation is 1. The molecule has 1 aromatic carbocycles. The summed E-state index contributed by atoms with van der Waals surface area (Å²) in [5.74, 6) is -0.565. The molecule has 0 aliphatic rings. The molecule has 1 unspecified atom stereocenters. The standard InChI is InChI=1S/C16H18N2O4S/c1-11(18-15(19)7-4-13-9-23-10-17-13)12-2-5-14(6-3-12)22-8-16(20)21/h2-3,5-6,9-11H,4,7-8H2,1H3,(H,18,19)(H,20,21). The first-order valence-corrected chi connectivity index (χ1v) is 8.10. The third-order valence-electron chi connectivity index (χ3n) is 3.21. The van der Waals surface area contributed by atoms with Gasteiger partial charge >= 0.3 is 5.97 Å². The van der Waals surface area contributed by atoms with Gasteiger partial charge < -0.3 is 15.2 Å². The molecule has 1 heterocycles. The summed E-state index contributed by atoms with van der Waals surface area (Å²) in [4.78, 5) is 26.5. The summed E-state index contributed by atoms with van der Waals surface area (Å²) < 4.78 is 5.07. The number of nitrogens with zero attached hydrogens (tertiary/aromatic N) is 1.